The Bertz CT molecular complexity index is 326. The second-order valence-corrected chi connectivity index (χ2v) is 7.05. The van der Waals surface area contributed by atoms with Gasteiger partial charge in [-0.15, -0.1) is 0 Å². The molecular formula is C17H32N2O2. The molecule has 2 N–H and O–H groups in total. The topological polar surface area (TPSA) is 52.6 Å². The van der Waals surface area contributed by atoms with E-state index in [1.807, 2.05) is 0 Å². The van der Waals surface area contributed by atoms with E-state index >= 15 is 0 Å². The van der Waals surface area contributed by atoms with Gasteiger partial charge >= 0.3 is 6.09 Å². The van der Waals surface area contributed by atoms with Gasteiger partial charge in [-0.05, 0) is 43.9 Å². The van der Waals surface area contributed by atoms with Crippen LogP contribution >= 0.6 is 0 Å². The normalized spacial score (nSPS) is 24.1. The molecule has 1 amide bonds. The number of carboxylic acid groups (broad SMARTS) is 1. The first-order valence-electron chi connectivity index (χ1n) is 8.88. The Balaban J connectivity index is 1.99. The summed E-state index contributed by atoms with van der Waals surface area (Å²) in [6.45, 7) is 4.61. The minimum Gasteiger partial charge on any atom is -0.464 e. The maximum absolute atomic E-state index is 11.2. The lowest BCUT2D eigenvalue weighted by Crippen LogP contribution is -2.55. The number of hydrogen-bond acceptors (Lipinski definition) is 2. The van der Waals surface area contributed by atoms with E-state index in [1.165, 1.54) is 44.9 Å². The predicted octanol–water partition coefficient (Wildman–Crippen LogP) is 4.55. The summed E-state index contributed by atoms with van der Waals surface area (Å²) in [5, 5.41) is 11.3. The van der Waals surface area contributed by atoms with Gasteiger partial charge in [0.2, 0.25) is 0 Å². The molecule has 0 unspecified atom stereocenters. The lowest BCUT2D eigenvalue weighted by Gasteiger charge is -2.45. The quantitative estimate of drug-likeness (QED) is 0.732. The predicted molar refractivity (Wildman–Crippen MR) is 85.1 cm³/mol. The van der Waals surface area contributed by atoms with Crippen LogP contribution in [0.25, 0.3) is 0 Å². The van der Waals surface area contributed by atoms with Crippen LogP contribution in [0.2, 0.25) is 0 Å². The Kier molecular flexibility index (Phi) is 5.91. The summed E-state index contributed by atoms with van der Waals surface area (Å²) in [6, 6.07) is 0.811. The van der Waals surface area contributed by atoms with Gasteiger partial charge in [-0.25, -0.2) is 9.80 Å². The van der Waals surface area contributed by atoms with Crippen LogP contribution < -0.4 is 5.43 Å². The average Bonchev–Trinajstić information content (AvgIpc) is 2.53. The summed E-state index contributed by atoms with van der Waals surface area (Å²) in [6.07, 6.45) is 12.4. The number of nitrogens with zero attached hydrogens (tertiary/aromatic N) is 1. The van der Waals surface area contributed by atoms with Crippen molar-refractivity contribution < 1.29 is 9.90 Å². The molecule has 21 heavy (non-hydrogen) atoms. The van der Waals surface area contributed by atoms with E-state index in [0.717, 1.165) is 25.7 Å². The zero-order valence-electron chi connectivity index (χ0n) is 13.7. The van der Waals surface area contributed by atoms with Gasteiger partial charge in [0, 0.05) is 12.1 Å². The fraction of sp³-hybridized carbons (Fsp3) is 0.941. The molecule has 0 spiro atoms. The lowest BCUT2D eigenvalue weighted by atomic mass is 9.69. The van der Waals surface area contributed by atoms with E-state index in [4.69, 9.17) is 0 Å². The molecule has 2 saturated carbocycles. The fourth-order valence-corrected chi connectivity index (χ4v) is 4.40. The molecule has 2 rings (SSSR count). The van der Waals surface area contributed by atoms with Gasteiger partial charge < -0.3 is 5.11 Å². The van der Waals surface area contributed by atoms with Crippen molar-refractivity contribution in [2.45, 2.75) is 96.6 Å². The molecule has 122 valence electrons. The Labute approximate surface area is 129 Å². The average molecular weight is 296 g/mol. The summed E-state index contributed by atoms with van der Waals surface area (Å²) in [5.74, 6) is 0. The molecule has 0 radical (unpaired) electrons. The standard InChI is InChI=1S/C17H32N2O2/c1-3-17(4-2)12-10-15(11-13-17)19(18-16(20)21)14-8-6-5-7-9-14/h14-15,18H,3-13H2,1-2H3,(H,20,21). The van der Waals surface area contributed by atoms with Crippen molar-refractivity contribution in [3.05, 3.63) is 0 Å². The van der Waals surface area contributed by atoms with Crippen molar-refractivity contribution in [3.8, 4) is 0 Å². The lowest BCUT2D eigenvalue weighted by molar-refractivity contribution is 0.00679. The summed E-state index contributed by atoms with van der Waals surface area (Å²) in [7, 11) is 0. The summed E-state index contributed by atoms with van der Waals surface area (Å²) in [5.41, 5.74) is 3.24. The van der Waals surface area contributed by atoms with E-state index in [0.29, 0.717) is 17.5 Å². The van der Waals surface area contributed by atoms with Crippen LogP contribution in [0.5, 0.6) is 0 Å². The van der Waals surface area contributed by atoms with Crippen LogP contribution in [-0.2, 0) is 0 Å². The first-order valence-corrected chi connectivity index (χ1v) is 8.88. The number of carbonyl (C=O) groups is 1. The third-order valence-electron chi connectivity index (χ3n) is 6.10. The molecule has 0 atom stereocenters. The third-order valence-corrected chi connectivity index (χ3v) is 6.10. The van der Waals surface area contributed by atoms with Gasteiger partial charge in [0.05, 0.1) is 0 Å². The van der Waals surface area contributed by atoms with Crippen LogP contribution in [0.15, 0.2) is 0 Å². The molecular weight excluding hydrogens is 264 g/mol. The molecule has 2 fully saturated rings. The van der Waals surface area contributed by atoms with Gasteiger partial charge in [0.25, 0.3) is 0 Å². The smallest absolute Gasteiger partial charge is 0.419 e. The zero-order chi connectivity index (χ0) is 15.3. The molecule has 0 bridgehead atoms. The zero-order valence-corrected chi connectivity index (χ0v) is 13.7. The van der Waals surface area contributed by atoms with E-state index in [9.17, 15) is 9.90 Å². The van der Waals surface area contributed by atoms with E-state index < -0.39 is 6.09 Å². The summed E-state index contributed by atoms with van der Waals surface area (Å²) in [4.78, 5) is 11.2. The Hall–Kier alpha value is -0.770. The maximum atomic E-state index is 11.2. The minimum absolute atomic E-state index is 0.399. The minimum atomic E-state index is -0.900. The molecule has 0 aromatic rings. The second-order valence-electron chi connectivity index (χ2n) is 7.05. The van der Waals surface area contributed by atoms with Gasteiger partial charge in [0.15, 0.2) is 0 Å². The summed E-state index contributed by atoms with van der Waals surface area (Å²) < 4.78 is 0. The molecule has 4 heteroatoms. The summed E-state index contributed by atoms with van der Waals surface area (Å²) >= 11 is 0. The molecule has 2 aliphatic rings. The first kappa shape index (κ1) is 16.6. The highest BCUT2D eigenvalue weighted by atomic mass is 16.4. The number of rotatable bonds is 5. The highest BCUT2D eigenvalue weighted by Gasteiger charge is 2.37. The van der Waals surface area contributed by atoms with E-state index in [1.54, 1.807) is 0 Å². The van der Waals surface area contributed by atoms with Gasteiger partial charge in [0.1, 0.15) is 0 Å². The third kappa shape index (κ3) is 4.12. The molecule has 0 saturated heterocycles. The van der Waals surface area contributed by atoms with E-state index in [2.05, 4.69) is 24.3 Å². The molecule has 0 aliphatic heterocycles. The number of amides is 1. The van der Waals surface area contributed by atoms with Crippen LogP contribution in [0.1, 0.15) is 84.5 Å². The molecule has 0 aromatic heterocycles. The highest BCUT2D eigenvalue weighted by molar-refractivity contribution is 5.63. The van der Waals surface area contributed by atoms with Gasteiger partial charge in [-0.2, -0.15) is 0 Å². The van der Waals surface area contributed by atoms with Crippen LogP contribution in [0, 0.1) is 5.41 Å². The largest absolute Gasteiger partial charge is 0.464 e. The highest BCUT2D eigenvalue weighted by Crippen LogP contribution is 2.43. The van der Waals surface area contributed by atoms with E-state index in [-0.39, 0.29) is 0 Å². The van der Waals surface area contributed by atoms with Gasteiger partial charge in [-0.1, -0.05) is 46.0 Å². The van der Waals surface area contributed by atoms with Crippen molar-refractivity contribution >= 4 is 6.09 Å². The van der Waals surface area contributed by atoms with Crippen LogP contribution in [0.3, 0.4) is 0 Å². The molecule has 0 heterocycles. The molecule has 2 aliphatic carbocycles. The number of nitrogens with one attached hydrogen (secondary N) is 1. The second kappa shape index (κ2) is 7.48. The van der Waals surface area contributed by atoms with Crippen molar-refractivity contribution in [2.24, 2.45) is 5.41 Å². The Morgan fingerprint density at radius 1 is 1.05 bits per heavy atom. The van der Waals surface area contributed by atoms with Crippen LogP contribution in [0.4, 0.5) is 4.79 Å². The van der Waals surface area contributed by atoms with Crippen molar-refractivity contribution in [2.75, 3.05) is 0 Å². The number of hydrogen-bond donors (Lipinski definition) is 2. The SMILES string of the molecule is CCC1(CC)CCC(N(NC(=O)O)C2CCCCC2)CC1. The first-order chi connectivity index (χ1) is 10.1. The van der Waals surface area contributed by atoms with Crippen molar-refractivity contribution in [3.63, 3.8) is 0 Å². The Morgan fingerprint density at radius 2 is 1.57 bits per heavy atom. The van der Waals surface area contributed by atoms with Crippen molar-refractivity contribution in [1.29, 1.82) is 0 Å². The molecule has 0 aromatic carbocycles. The monoisotopic (exact) mass is 296 g/mol. The maximum Gasteiger partial charge on any atom is 0.419 e. The van der Waals surface area contributed by atoms with Crippen molar-refractivity contribution in [1.82, 2.24) is 10.4 Å². The van der Waals surface area contributed by atoms with Gasteiger partial charge in [-0.3, -0.25) is 5.43 Å². The number of hydrazine groups is 1. The molecule has 4 nitrogen and oxygen atoms in total. The van der Waals surface area contributed by atoms with Crippen LogP contribution in [-0.4, -0.2) is 28.3 Å². The Morgan fingerprint density at radius 3 is 2.05 bits per heavy atom. The fourth-order valence-electron chi connectivity index (χ4n) is 4.40.